The molecule has 0 aliphatic rings. The lowest BCUT2D eigenvalue weighted by molar-refractivity contribution is 0.0699. The van der Waals surface area contributed by atoms with E-state index in [-0.39, 0.29) is 5.75 Å². The van der Waals surface area contributed by atoms with Crippen molar-refractivity contribution in [2.24, 2.45) is 7.05 Å². The number of nitrogens with zero attached hydrogens (tertiary/aromatic N) is 1. The van der Waals surface area contributed by atoms with Crippen LogP contribution in [0.5, 0.6) is 5.75 Å². The number of phenolic OH excluding ortho intramolecular Hbond substituents is 1. The highest BCUT2D eigenvalue weighted by atomic mass is 16.4. The monoisotopic (exact) mass is 281 g/mol. The summed E-state index contributed by atoms with van der Waals surface area (Å²) in [6.07, 6.45) is 1.63. The average molecular weight is 281 g/mol. The van der Waals surface area contributed by atoms with Crippen molar-refractivity contribution in [2.45, 2.75) is 6.92 Å². The summed E-state index contributed by atoms with van der Waals surface area (Å²) in [6.45, 7) is 1.94. The van der Waals surface area contributed by atoms with E-state index in [0.717, 1.165) is 27.6 Å². The number of benzene rings is 2. The number of hydrogen-bond donors (Lipinski definition) is 2. The second-order valence-corrected chi connectivity index (χ2v) is 5.19. The van der Waals surface area contributed by atoms with E-state index in [1.165, 1.54) is 0 Å². The van der Waals surface area contributed by atoms with Gasteiger partial charge in [0.05, 0.1) is 5.56 Å². The molecule has 1 heterocycles. The van der Waals surface area contributed by atoms with Crippen molar-refractivity contribution in [3.8, 4) is 16.9 Å². The normalized spacial score (nSPS) is 11.0. The molecular weight excluding hydrogens is 266 g/mol. The predicted molar refractivity (Wildman–Crippen MR) is 81.7 cm³/mol. The number of rotatable bonds is 2. The number of carboxylic acids is 1. The Labute approximate surface area is 121 Å². The molecule has 0 aliphatic carbocycles. The minimum absolute atomic E-state index is 0.240. The van der Waals surface area contributed by atoms with Gasteiger partial charge in [0, 0.05) is 24.1 Å². The fraction of sp³-hybridized carbons (Fsp3) is 0.118. The van der Waals surface area contributed by atoms with Gasteiger partial charge in [-0.3, -0.25) is 0 Å². The van der Waals surface area contributed by atoms with Gasteiger partial charge in [-0.15, -0.1) is 0 Å². The quantitative estimate of drug-likeness (QED) is 0.755. The largest absolute Gasteiger partial charge is 0.508 e. The average Bonchev–Trinajstić information content (AvgIpc) is 2.76. The zero-order valence-electron chi connectivity index (χ0n) is 11.8. The first-order valence-corrected chi connectivity index (χ1v) is 6.60. The number of carbonyl (C=O) groups is 1. The van der Waals surface area contributed by atoms with Crippen LogP contribution in [0.4, 0.5) is 0 Å². The number of aromatic nitrogens is 1. The molecule has 3 rings (SSSR count). The summed E-state index contributed by atoms with van der Waals surface area (Å²) in [7, 11) is 1.84. The van der Waals surface area contributed by atoms with Crippen LogP contribution in [0, 0.1) is 6.92 Å². The Balaban J connectivity index is 2.22. The highest BCUT2D eigenvalue weighted by Gasteiger charge is 2.13. The number of phenols is 1. The lowest BCUT2D eigenvalue weighted by Gasteiger charge is -2.08. The van der Waals surface area contributed by atoms with E-state index in [4.69, 9.17) is 0 Å². The van der Waals surface area contributed by atoms with Gasteiger partial charge >= 0.3 is 5.97 Å². The van der Waals surface area contributed by atoms with Crippen molar-refractivity contribution in [1.29, 1.82) is 0 Å². The standard InChI is InChI=1S/C17H15NO3/c1-10-7-12(19)4-6-13(10)11-3-5-14-15(17(20)21)9-18(2)16(14)8-11/h3-9,19H,1-2H3,(H,20,21). The highest BCUT2D eigenvalue weighted by Crippen LogP contribution is 2.30. The van der Waals surface area contributed by atoms with E-state index >= 15 is 0 Å². The molecule has 2 N–H and O–H groups in total. The molecule has 4 heteroatoms. The van der Waals surface area contributed by atoms with Crippen LogP contribution < -0.4 is 0 Å². The third kappa shape index (κ3) is 2.14. The van der Waals surface area contributed by atoms with E-state index < -0.39 is 5.97 Å². The van der Waals surface area contributed by atoms with E-state index in [1.54, 1.807) is 18.3 Å². The molecule has 3 aromatic rings. The highest BCUT2D eigenvalue weighted by molar-refractivity contribution is 6.04. The molecule has 0 atom stereocenters. The first kappa shape index (κ1) is 13.2. The third-order valence-corrected chi connectivity index (χ3v) is 3.74. The van der Waals surface area contributed by atoms with Crippen LogP contribution in [0.2, 0.25) is 0 Å². The van der Waals surface area contributed by atoms with Crippen LogP contribution >= 0.6 is 0 Å². The smallest absolute Gasteiger partial charge is 0.337 e. The summed E-state index contributed by atoms with van der Waals surface area (Å²) >= 11 is 0. The van der Waals surface area contributed by atoms with Crippen molar-refractivity contribution in [3.63, 3.8) is 0 Å². The number of aromatic carboxylic acids is 1. The van der Waals surface area contributed by atoms with Gasteiger partial charge in [0.2, 0.25) is 0 Å². The van der Waals surface area contributed by atoms with Gasteiger partial charge in [-0.05, 0) is 41.8 Å². The van der Waals surface area contributed by atoms with Gasteiger partial charge in [0.25, 0.3) is 0 Å². The zero-order valence-corrected chi connectivity index (χ0v) is 11.8. The molecule has 2 aromatic carbocycles. The Kier molecular flexibility index (Phi) is 2.94. The maximum absolute atomic E-state index is 11.2. The van der Waals surface area contributed by atoms with E-state index in [0.29, 0.717) is 5.56 Å². The number of hydrogen-bond acceptors (Lipinski definition) is 2. The molecule has 0 saturated carbocycles. The number of fused-ring (bicyclic) bond motifs is 1. The molecule has 0 fully saturated rings. The molecule has 0 unspecified atom stereocenters. The summed E-state index contributed by atoms with van der Waals surface area (Å²) in [5.74, 6) is -0.682. The predicted octanol–water partition coefficient (Wildman–Crippen LogP) is 3.56. The Morgan fingerprint density at radius 3 is 2.57 bits per heavy atom. The molecular formula is C17H15NO3. The second kappa shape index (κ2) is 4.66. The van der Waals surface area contributed by atoms with Gasteiger partial charge in [-0.25, -0.2) is 4.79 Å². The zero-order chi connectivity index (χ0) is 15.1. The first-order chi connectivity index (χ1) is 9.97. The van der Waals surface area contributed by atoms with Crippen LogP contribution in [-0.2, 0) is 7.05 Å². The third-order valence-electron chi connectivity index (χ3n) is 3.74. The topological polar surface area (TPSA) is 62.5 Å². The molecule has 21 heavy (non-hydrogen) atoms. The molecule has 0 saturated heterocycles. The number of aryl methyl sites for hydroxylation is 2. The van der Waals surface area contributed by atoms with Crippen molar-refractivity contribution >= 4 is 16.9 Å². The lowest BCUT2D eigenvalue weighted by atomic mass is 9.99. The maximum atomic E-state index is 11.2. The van der Waals surface area contributed by atoms with Crippen LogP contribution in [0.25, 0.3) is 22.0 Å². The minimum Gasteiger partial charge on any atom is -0.508 e. The van der Waals surface area contributed by atoms with Gasteiger partial charge in [0.1, 0.15) is 5.75 Å². The molecule has 0 amide bonds. The van der Waals surface area contributed by atoms with E-state index in [9.17, 15) is 15.0 Å². The first-order valence-electron chi connectivity index (χ1n) is 6.60. The van der Waals surface area contributed by atoms with Crippen molar-refractivity contribution in [2.75, 3.05) is 0 Å². The molecule has 0 radical (unpaired) electrons. The Morgan fingerprint density at radius 2 is 1.90 bits per heavy atom. The fourth-order valence-electron chi connectivity index (χ4n) is 2.69. The van der Waals surface area contributed by atoms with Gasteiger partial charge in [-0.1, -0.05) is 18.2 Å². The summed E-state index contributed by atoms with van der Waals surface area (Å²) in [6, 6.07) is 11.0. The van der Waals surface area contributed by atoms with Gasteiger partial charge in [0.15, 0.2) is 0 Å². The second-order valence-electron chi connectivity index (χ2n) is 5.19. The van der Waals surface area contributed by atoms with Crippen LogP contribution in [-0.4, -0.2) is 20.7 Å². The lowest BCUT2D eigenvalue weighted by Crippen LogP contribution is -1.93. The van der Waals surface area contributed by atoms with Crippen LogP contribution in [0.15, 0.2) is 42.6 Å². The number of aromatic hydroxyl groups is 1. The Bertz CT molecular complexity index is 862. The van der Waals surface area contributed by atoms with Crippen LogP contribution in [0.1, 0.15) is 15.9 Å². The molecule has 4 nitrogen and oxygen atoms in total. The fourth-order valence-corrected chi connectivity index (χ4v) is 2.69. The Hall–Kier alpha value is -2.75. The SMILES string of the molecule is Cc1cc(O)ccc1-c1ccc2c(C(=O)O)cn(C)c2c1. The van der Waals surface area contributed by atoms with E-state index in [1.807, 2.05) is 42.8 Å². The van der Waals surface area contributed by atoms with Gasteiger partial charge in [-0.2, -0.15) is 0 Å². The van der Waals surface area contributed by atoms with E-state index in [2.05, 4.69) is 0 Å². The minimum atomic E-state index is -0.922. The maximum Gasteiger partial charge on any atom is 0.337 e. The summed E-state index contributed by atoms with van der Waals surface area (Å²) in [5.41, 5.74) is 4.17. The number of carboxylic acid groups (broad SMARTS) is 1. The summed E-state index contributed by atoms with van der Waals surface area (Å²) in [5, 5.41) is 19.4. The molecule has 0 bridgehead atoms. The molecule has 0 spiro atoms. The summed E-state index contributed by atoms with van der Waals surface area (Å²) in [4.78, 5) is 11.2. The van der Waals surface area contributed by atoms with Crippen molar-refractivity contribution < 1.29 is 15.0 Å². The van der Waals surface area contributed by atoms with Crippen molar-refractivity contribution in [1.82, 2.24) is 4.57 Å². The summed E-state index contributed by atoms with van der Waals surface area (Å²) < 4.78 is 1.82. The Morgan fingerprint density at radius 1 is 1.14 bits per heavy atom. The molecule has 0 aliphatic heterocycles. The molecule has 106 valence electrons. The molecule has 1 aromatic heterocycles. The van der Waals surface area contributed by atoms with Gasteiger partial charge < -0.3 is 14.8 Å². The van der Waals surface area contributed by atoms with Crippen molar-refractivity contribution in [3.05, 3.63) is 53.7 Å². The van der Waals surface area contributed by atoms with Crippen LogP contribution in [0.3, 0.4) is 0 Å².